The largest absolute Gasteiger partial charge is 0.339 e. The van der Waals surface area contributed by atoms with Gasteiger partial charge in [0.1, 0.15) is 0 Å². The summed E-state index contributed by atoms with van der Waals surface area (Å²) in [7, 11) is 0. The van der Waals surface area contributed by atoms with E-state index in [9.17, 15) is 0 Å². The molecule has 116 valence electrons. The molecule has 0 unspecified atom stereocenters. The molecule has 1 fully saturated rings. The normalized spacial score (nSPS) is 15.5. The number of benzene rings is 1. The van der Waals surface area contributed by atoms with Crippen molar-refractivity contribution in [2.75, 3.05) is 13.1 Å². The lowest BCUT2D eigenvalue weighted by molar-refractivity contribution is 0.117. The average molecular weight is 306 g/mol. The zero-order valence-electron chi connectivity index (χ0n) is 13.0. The van der Waals surface area contributed by atoms with Crippen LogP contribution in [0.5, 0.6) is 0 Å². The molecule has 5 heteroatoms. The maximum absolute atomic E-state index is 5.43. The van der Waals surface area contributed by atoms with Gasteiger partial charge in [0, 0.05) is 37.6 Å². The Kier molecular flexibility index (Phi) is 3.63. The minimum Gasteiger partial charge on any atom is -0.339 e. The number of likely N-dealkylation sites (tertiary alicyclic amines) is 1. The Labute approximate surface area is 135 Å². The van der Waals surface area contributed by atoms with Gasteiger partial charge in [-0.05, 0) is 24.6 Å². The minimum atomic E-state index is 0.331. The van der Waals surface area contributed by atoms with Gasteiger partial charge in [0.2, 0.25) is 11.7 Å². The smallest absolute Gasteiger partial charge is 0.232 e. The molecule has 4 rings (SSSR count). The highest BCUT2D eigenvalue weighted by Crippen LogP contribution is 2.28. The fourth-order valence-electron chi connectivity index (χ4n) is 2.94. The van der Waals surface area contributed by atoms with Gasteiger partial charge < -0.3 is 4.52 Å². The lowest BCUT2D eigenvalue weighted by Crippen LogP contribution is -2.44. The molecule has 0 radical (unpaired) electrons. The summed E-state index contributed by atoms with van der Waals surface area (Å²) in [6.07, 6.45) is 3.49. The van der Waals surface area contributed by atoms with Crippen LogP contribution in [0, 0.1) is 6.92 Å². The van der Waals surface area contributed by atoms with Gasteiger partial charge in [0.25, 0.3) is 0 Å². The Hall–Kier alpha value is -2.53. The fourth-order valence-corrected chi connectivity index (χ4v) is 2.94. The highest BCUT2D eigenvalue weighted by atomic mass is 16.5. The van der Waals surface area contributed by atoms with Crippen molar-refractivity contribution < 1.29 is 4.52 Å². The molecule has 5 nitrogen and oxygen atoms in total. The molecular weight excluding hydrogens is 288 g/mol. The quantitative estimate of drug-likeness (QED) is 0.741. The summed E-state index contributed by atoms with van der Waals surface area (Å²) in [6.45, 7) is 5.02. The number of rotatable bonds is 4. The van der Waals surface area contributed by atoms with E-state index in [-0.39, 0.29) is 0 Å². The van der Waals surface area contributed by atoms with Gasteiger partial charge in [0.05, 0.1) is 5.92 Å². The van der Waals surface area contributed by atoms with E-state index in [0.29, 0.717) is 11.7 Å². The van der Waals surface area contributed by atoms with Gasteiger partial charge in [0.15, 0.2) is 0 Å². The van der Waals surface area contributed by atoms with E-state index in [4.69, 9.17) is 4.52 Å². The summed E-state index contributed by atoms with van der Waals surface area (Å²) in [6, 6.07) is 12.5. The number of hydrogen-bond donors (Lipinski definition) is 0. The van der Waals surface area contributed by atoms with E-state index >= 15 is 0 Å². The van der Waals surface area contributed by atoms with E-state index in [0.717, 1.165) is 31.1 Å². The highest BCUT2D eigenvalue weighted by Gasteiger charge is 2.32. The number of hydrogen-bond acceptors (Lipinski definition) is 5. The Morgan fingerprint density at radius 2 is 2.13 bits per heavy atom. The summed E-state index contributed by atoms with van der Waals surface area (Å²) in [5.41, 5.74) is 3.54. The topological polar surface area (TPSA) is 55.1 Å². The van der Waals surface area contributed by atoms with Crippen LogP contribution in [-0.4, -0.2) is 33.1 Å². The molecule has 0 amide bonds. The Morgan fingerprint density at radius 3 is 2.91 bits per heavy atom. The van der Waals surface area contributed by atoms with Crippen molar-refractivity contribution in [3.8, 4) is 11.4 Å². The van der Waals surface area contributed by atoms with Gasteiger partial charge in [-0.1, -0.05) is 35.0 Å². The van der Waals surface area contributed by atoms with Gasteiger partial charge in [-0.2, -0.15) is 4.98 Å². The van der Waals surface area contributed by atoms with Crippen LogP contribution in [0.25, 0.3) is 11.4 Å². The van der Waals surface area contributed by atoms with E-state index in [1.165, 1.54) is 11.1 Å². The van der Waals surface area contributed by atoms with Crippen LogP contribution >= 0.6 is 0 Å². The SMILES string of the molecule is Cc1cccc(CN2CC(c3nc(-c4cccnc4)no3)C2)c1. The van der Waals surface area contributed by atoms with E-state index in [1.807, 2.05) is 12.1 Å². The predicted molar refractivity (Wildman–Crippen MR) is 86.7 cm³/mol. The summed E-state index contributed by atoms with van der Waals surface area (Å²) < 4.78 is 5.43. The molecule has 0 bridgehead atoms. The van der Waals surface area contributed by atoms with Crippen molar-refractivity contribution >= 4 is 0 Å². The molecule has 0 aliphatic carbocycles. The first-order valence-electron chi connectivity index (χ1n) is 7.80. The average Bonchev–Trinajstić information content (AvgIpc) is 3.01. The van der Waals surface area contributed by atoms with Crippen molar-refractivity contribution in [2.45, 2.75) is 19.4 Å². The summed E-state index contributed by atoms with van der Waals surface area (Å²) in [5.74, 6) is 1.67. The summed E-state index contributed by atoms with van der Waals surface area (Å²) >= 11 is 0. The summed E-state index contributed by atoms with van der Waals surface area (Å²) in [4.78, 5) is 11.0. The Morgan fingerprint density at radius 1 is 1.22 bits per heavy atom. The monoisotopic (exact) mass is 306 g/mol. The molecule has 1 saturated heterocycles. The van der Waals surface area contributed by atoms with Crippen LogP contribution in [0.1, 0.15) is 22.9 Å². The van der Waals surface area contributed by atoms with E-state index in [1.54, 1.807) is 12.4 Å². The molecule has 1 aliphatic heterocycles. The number of nitrogens with zero attached hydrogens (tertiary/aromatic N) is 4. The van der Waals surface area contributed by atoms with E-state index in [2.05, 4.69) is 51.2 Å². The third-order valence-electron chi connectivity index (χ3n) is 4.16. The zero-order chi connectivity index (χ0) is 15.6. The number of aryl methyl sites for hydroxylation is 1. The molecule has 0 atom stereocenters. The first-order valence-corrected chi connectivity index (χ1v) is 7.80. The maximum atomic E-state index is 5.43. The van der Waals surface area contributed by atoms with Crippen molar-refractivity contribution in [3.63, 3.8) is 0 Å². The number of aromatic nitrogens is 3. The van der Waals surface area contributed by atoms with Gasteiger partial charge in [-0.25, -0.2) is 0 Å². The van der Waals surface area contributed by atoms with Gasteiger partial charge in [-0.3, -0.25) is 9.88 Å². The highest BCUT2D eigenvalue weighted by molar-refractivity contribution is 5.51. The zero-order valence-corrected chi connectivity index (χ0v) is 13.0. The van der Waals surface area contributed by atoms with Gasteiger partial charge >= 0.3 is 0 Å². The number of pyridine rings is 1. The molecule has 3 aromatic rings. The first kappa shape index (κ1) is 14.1. The van der Waals surface area contributed by atoms with Crippen LogP contribution in [-0.2, 0) is 6.54 Å². The lowest BCUT2D eigenvalue weighted by Gasteiger charge is -2.37. The first-order chi connectivity index (χ1) is 11.3. The fraction of sp³-hybridized carbons (Fsp3) is 0.278. The van der Waals surface area contributed by atoms with Crippen LogP contribution < -0.4 is 0 Å². The maximum Gasteiger partial charge on any atom is 0.232 e. The second kappa shape index (κ2) is 5.93. The van der Waals surface area contributed by atoms with Gasteiger partial charge in [-0.15, -0.1) is 0 Å². The lowest BCUT2D eigenvalue weighted by atomic mass is 9.99. The van der Waals surface area contributed by atoms with E-state index < -0.39 is 0 Å². The molecule has 3 heterocycles. The van der Waals surface area contributed by atoms with Crippen LogP contribution in [0.4, 0.5) is 0 Å². The summed E-state index contributed by atoms with van der Waals surface area (Å²) in [5, 5.41) is 4.07. The second-order valence-corrected chi connectivity index (χ2v) is 6.08. The molecule has 23 heavy (non-hydrogen) atoms. The Balaban J connectivity index is 1.38. The molecular formula is C18H18N4O. The molecule has 0 spiro atoms. The Bertz CT molecular complexity index is 794. The predicted octanol–water partition coefficient (Wildman–Crippen LogP) is 3.04. The van der Waals surface area contributed by atoms with Crippen molar-refractivity contribution in [2.24, 2.45) is 0 Å². The van der Waals surface area contributed by atoms with Crippen molar-refractivity contribution in [3.05, 3.63) is 65.8 Å². The molecule has 0 N–H and O–H groups in total. The van der Waals surface area contributed by atoms with Crippen LogP contribution in [0.2, 0.25) is 0 Å². The second-order valence-electron chi connectivity index (χ2n) is 6.08. The molecule has 1 aromatic carbocycles. The molecule has 2 aromatic heterocycles. The molecule has 1 aliphatic rings. The van der Waals surface area contributed by atoms with Crippen LogP contribution in [0.3, 0.4) is 0 Å². The third-order valence-corrected chi connectivity index (χ3v) is 4.16. The van der Waals surface area contributed by atoms with Crippen molar-refractivity contribution in [1.29, 1.82) is 0 Å². The van der Waals surface area contributed by atoms with Crippen LogP contribution in [0.15, 0.2) is 53.3 Å². The van der Waals surface area contributed by atoms with Crippen molar-refractivity contribution in [1.82, 2.24) is 20.0 Å². The molecule has 0 saturated carbocycles. The standard InChI is InChI=1S/C18H18N4O/c1-13-4-2-5-14(8-13)10-22-11-16(12-22)18-20-17(21-23-18)15-6-3-7-19-9-15/h2-9,16H,10-12H2,1H3. The minimum absolute atomic E-state index is 0.331. The third kappa shape index (κ3) is 3.00.